The summed E-state index contributed by atoms with van der Waals surface area (Å²) in [5.41, 5.74) is 1.43. The fraction of sp³-hybridized carbons (Fsp3) is 0.143. The van der Waals surface area contributed by atoms with E-state index in [0.29, 0.717) is 12.3 Å². The molecule has 0 bridgehead atoms. The first-order valence-electron chi connectivity index (χ1n) is 5.63. The molecule has 1 heterocycles. The first kappa shape index (κ1) is 14.0. The molecule has 1 aromatic carbocycles. The van der Waals surface area contributed by atoms with Gasteiger partial charge in [-0.15, -0.1) is 11.8 Å². The van der Waals surface area contributed by atoms with Crippen molar-refractivity contribution in [1.29, 1.82) is 0 Å². The number of rotatable bonds is 4. The first-order chi connectivity index (χ1) is 9.22. The van der Waals surface area contributed by atoms with Gasteiger partial charge in [-0.25, -0.2) is 4.99 Å². The number of thioether (sulfide) groups is 2. The molecule has 0 N–H and O–H groups in total. The van der Waals surface area contributed by atoms with Crippen LogP contribution in [0.2, 0.25) is 0 Å². The predicted molar refractivity (Wildman–Crippen MR) is 83.7 cm³/mol. The van der Waals surface area contributed by atoms with Gasteiger partial charge in [0, 0.05) is 0 Å². The molecule has 2 rings (SSSR count). The smallest absolute Gasteiger partial charge is 0.244 e. The molecule has 0 atom stereocenters. The molecule has 1 aliphatic heterocycles. The molecule has 0 saturated heterocycles. The predicted octanol–water partition coefficient (Wildman–Crippen LogP) is 3.58. The van der Waals surface area contributed by atoms with Crippen LogP contribution in [0.3, 0.4) is 0 Å². The molecule has 0 spiro atoms. The van der Waals surface area contributed by atoms with E-state index in [1.54, 1.807) is 12.2 Å². The lowest BCUT2D eigenvalue weighted by atomic mass is 10.2. The number of aliphatic imine (C=N–C) groups is 1. The summed E-state index contributed by atoms with van der Waals surface area (Å²) < 4.78 is 6.19. The Morgan fingerprint density at radius 1 is 1.42 bits per heavy atom. The molecule has 0 aromatic heterocycles. The van der Waals surface area contributed by atoms with Crippen molar-refractivity contribution < 1.29 is 9.53 Å². The van der Waals surface area contributed by atoms with Gasteiger partial charge in [0.25, 0.3) is 0 Å². The normalized spacial score (nSPS) is 16.6. The molecule has 0 unspecified atom stereocenters. The first-order valence-corrected chi connectivity index (χ1v) is 7.67. The van der Waals surface area contributed by atoms with E-state index in [-0.39, 0.29) is 5.12 Å². The summed E-state index contributed by atoms with van der Waals surface area (Å²) in [6.07, 6.45) is 5.40. The molecule has 19 heavy (non-hydrogen) atoms. The average Bonchev–Trinajstić information content (AvgIpc) is 2.79. The lowest BCUT2D eigenvalue weighted by molar-refractivity contribution is -0.107. The van der Waals surface area contributed by atoms with Gasteiger partial charge in [-0.05, 0) is 41.8 Å². The van der Waals surface area contributed by atoms with Crippen molar-refractivity contribution in [3.63, 3.8) is 0 Å². The third-order valence-electron chi connectivity index (χ3n) is 2.33. The number of hydrogen-bond donors (Lipinski definition) is 0. The minimum atomic E-state index is -0.00339. The summed E-state index contributed by atoms with van der Waals surface area (Å²) in [5.74, 6) is 0.780. The van der Waals surface area contributed by atoms with E-state index in [4.69, 9.17) is 4.74 Å². The van der Waals surface area contributed by atoms with Gasteiger partial charge in [-0.2, -0.15) is 0 Å². The Kier molecular flexibility index (Phi) is 4.87. The fourth-order valence-electron chi connectivity index (χ4n) is 1.45. The van der Waals surface area contributed by atoms with Gasteiger partial charge in [0.15, 0.2) is 0 Å². The van der Waals surface area contributed by atoms with E-state index in [1.807, 2.05) is 30.5 Å². The van der Waals surface area contributed by atoms with Crippen LogP contribution in [0.5, 0.6) is 5.75 Å². The maximum absolute atomic E-state index is 11.7. The summed E-state index contributed by atoms with van der Waals surface area (Å²) in [6, 6.07) is 7.52. The zero-order valence-electron chi connectivity index (χ0n) is 10.5. The van der Waals surface area contributed by atoms with Crippen LogP contribution in [0.4, 0.5) is 0 Å². The second kappa shape index (κ2) is 6.63. The highest BCUT2D eigenvalue weighted by Crippen LogP contribution is 2.29. The third kappa shape index (κ3) is 3.75. The standard InChI is InChI=1S/C14H13NO2S2/c1-3-8-17-11-6-4-10(5-7-11)9-12-13(16)19-14(15-12)18-2/h3-7,9H,1,8H2,2H3/b12-9-. The number of nitrogens with zero attached hydrogens (tertiary/aromatic N) is 1. The van der Waals surface area contributed by atoms with Crippen LogP contribution in [-0.2, 0) is 4.79 Å². The summed E-state index contributed by atoms with van der Waals surface area (Å²) in [5, 5.41) is -0.00339. The highest BCUT2D eigenvalue weighted by Gasteiger charge is 2.21. The third-order valence-corrected chi connectivity index (χ3v) is 4.18. The van der Waals surface area contributed by atoms with Crippen LogP contribution >= 0.6 is 23.5 Å². The molecule has 98 valence electrons. The largest absolute Gasteiger partial charge is 0.490 e. The van der Waals surface area contributed by atoms with Crippen molar-refractivity contribution in [2.45, 2.75) is 0 Å². The number of ether oxygens (including phenoxy) is 1. The Morgan fingerprint density at radius 2 is 2.16 bits per heavy atom. The zero-order chi connectivity index (χ0) is 13.7. The summed E-state index contributed by atoms with van der Waals surface area (Å²) >= 11 is 2.66. The van der Waals surface area contributed by atoms with Gasteiger partial charge in [0.1, 0.15) is 22.4 Å². The molecule has 1 aromatic rings. The van der Waals surface area contributed by atoms with Crippen LogP contribution < -0.4 is 4.74 Å². The van der Waals surface area contributed by atoms with Crippen LogP contribution in [-0.4, -0.2) is 22.4 Å². The van der Waals surface area contributed by atoms with E-state index >= 15 is 0 Å². The molecule has 0 saturated carbocycles. The SMILES string of the molecule is C=CCOc1ccc(/C=C2\N=C(SC)SC2=O)cc1. The van der Waals surface area contributed by atoms with Crippen molar-refractivity contribution in [3.8, 4) is 5.75 Å². The summed E-state index contributed by atoms with van der Waals surface area (Å²) in [7, 11) is 0. The molecule has 5 heteroatoms. The molecule has 0 radical (unpaired) electrons. The molecular weight excluding hydrogens is 278 g/mol. The minimum Gasteiger partial charge on any atom is -0.490 e. The second-order valence-electron chi connectivity index (χ2n) is 3.67. The molecule has 0 fully saturated rings. The average molecular weight is 291 g/mol. The Bertz CT molecular complexity index is 547. The van der Waals surface area contributed by atoms with E-state index in [2.05, 4.69) is 11.6 Å². The van der Waals surface area contributed by atoms with Crippen molar-refractivity contribution in [3.05, 3.63) is 48.2 Å². The zero-order valence-corrected chi connectivity index (χ0v) is 12.1. The van der Waals surface area contributed by atoms with E-state index in [0.717, 1.165) is 15.7 Å². The van der Waals surface area contributed by atoms with Crippen LogP contribution in [0.25, 0.3) is 6.08 Å². The van der Waals surface area contributed by atoms with E-state index < -0.39 is 0 Å². The highest BCUT2D eigenvalue weighted by atomic mass is 32.2. The van der Waals surface area contributed by atoms with Gasteiger partial charge in [0.2, 0.25) is 5.12 Å². The molecule has 1 aliphatic rings. The number of hydrogen-bond acceptors (Lipinski definition) is 5. The topological polar surface area (TPSA) is 38.7 Å². The monoisotopic (exact) mass is 291 g/mol. The number of carbonyl (C=O) groups excluding carboxylic acids is 1. The van der Waals surface area contributed by atoms with Crippen molar-refractivity contribution in [2.75, 3.05) is 12.9 Å². The quantitative estimate of drug-likeness (QED) is 0.628. The van der Waals surface area contributed by atoms with E-state index in [1.165, 1.54) is 23.5 Å². The Balaban J connectivity index is 2.12. The molecular formula is C14H13NO2S2. The number of benzene rings is 1. The van der Waals surface area contributed by atoms with Crippen LogP contribution in [0.15, 0.2) is 47.6 Å². The Labute approximate surface area is 120 Å². The Hall–Kier alpha value is -1.46. The highest BCUT2D eigenvalue weighted by molar-refractivity contribution is 8.45. The molecule has 3 nitrogen and oxygen atoms in total. The van der Waals surface area contributed by atoms with Crippen molar-refractivity contribution in [1.82, 2.24) is 0 Å². The van der Waals surface area contributed by atoms with Crippen molar-refractivity contribution >= 4 is 39.1 Å². The fourth-order valence-corrected chi connectivity index (χ4v) is 2.71. The van der Waals surface area contributed by atoms with Crippen molar-refractivity contribution in [2.24, 2.45) is 4.99 Å². The summed E-state index contributed by atoms with van der Waals surface area (Å²) in [6.45, 7) is 4.08. The van der Waals surface area contributed by atoms with Gasteiger partial charge in [-0.3, -0.25) is 4.79 Å². The van der Waals surface area contributed by atoms with Gasteiger partial charge >= 0.3 is 0 Å². The lowest BCUT2D eigenvalue weighted by Crippen LogP contribution is -1.92. The second-order valence-corrected chi connectivity index (χ2v) is 5.68. The van der Waals surface area contributed by atoms with Gasteiger partial charge in [0.05, 0.1) is 0 Å². The van der Waals surface area contributed by atoms with Crippen LogP contribution in [0, 0.1) is 0 Å². The van der Waals surface area contributed by atoms with Gasteiger partial charge in [-0.1, -0.05) is 24.8 Å². The van der Waals surface area contributed by atoms with E-state index in [9.17, 15) is 4.79 Å². The molecule has 0 amide bonds. The minimum absolute atomic E-state index is 0.00339. The maximum atomic E-state index is 11.7. The Morgan fingerprint density at radius 3 is 2.74 bits per heavy atom. The lowest BCUT2D eigenvalue weighted by Gasteiger charge is -2.02. The summed E-state index contributed by atoms with van der Waals surface area (Å²) in [4.78, 5) is 16.0. The van der Waals surface area contributed by atoms with Gasteiger partial charge < -0.3 is 4.74 Å². The van der Waals surface area contributed by atoms with Crippen LogP contribution in [0.1, 0.15) is 5.56 Å². The number of carbonyl (C=O) groups is 1. The maximum Gasteiger partial charge on any atom is 0.244 e. The molecule has 0 aliphatic carbocycles.